The van der Waals surface area contributed by atoms with Gasteiger partial charge >= 0.3 is 0 Å². The number of carbonyl (C=O) groups excluding carboxylic acids is 1. The van der Waals surface area contributed by atoms with Gasteiger partial charge in [-0.15, -0.1) is 0 Å². The zero-order valence-electron chi connectivity index (χ0n) is 21.8. The number of nitrogens with zero attached hydrogens (tertiary/aromatic N) is 4. The lowest BCUT2D eigenvalue weighted by molar-refractivity contribution is -0.123. The number of nitriles is 1. The van der Waals surface area contributed by atoms with Gasteiger partial charge in [-0.2, -0.15) is 5.26 Å². The highest BCUT2D eigenvalue weighted by Gasteiger charge is 2.27. The highest BCUT2D eigenvalue weighted by molar-refractivity contribution is 5.82. The predicted octanol–water partition coefficient (Wildman–Crippen LogP) is 3.74. The predicted molar refractivity (Wildman–Crippen MR) is 141 cm³/mol. The maximum atomic E-state index is 12.8. The standard InChI is InChI=1S/C28H40N6O/c1-21(2)20-25(27(35)31-15-13-29)32-26(24-8-6-7-14-30-24)22-9-11-23(12-10-22)33-16-18-34(19-17-33)28(3,4)5/h6-12,14,21,25-26,32H,15-20H2,1-5H3,(H,31,35)/t25-,26?/m0/s1. The van der Waals surface area contributed by atoms with Crippen molar-refractivity contribution in [3.05, 3.63) is 59.9 Å². The van der Waals surface area contributed by atoms with E-state index in [-0.39, 0.29) is 24.0 Å². The fraction of sp³-hybridized carbons (Fsp3) is 0.536. The fourth-order valence-electron chi connectivity index (χ4n) is 4.59. The van der Waals surface area contributed by atoms with Crippen molar-refractivity contribution in [2.75, 3.05) is 37.6 Å². The number of benzene rings is 1. The van der Waals surface area contributed by atoms with Gasteiger partial charge in [0.25, 0.3) is 0 Å². The highest BCUT2D eigenvalue weighted by atomic mass is 16.2. The largest absolute Gasteiger partial charge is 0.369 e. The molecular formula is C28H40N6O. The first-order valence-corrected chi connectivity index (χ1v) is 12.6. The van der Waals surface area contributed by atoms with Crippen LogP contribution in [-0.2, 0) is 4.79 Å². The first kappa shape index (κ1) is 26.7. The Morgan fingerprint density at radius 1 is 1.09 bits per heavy atom. The molecule has 2 heterocycles. The van der Waals surface area contributed by atoms with E-state index >= 15 is 0 Å². The fourth-order valence-corrected chi connectivity index (χ4v) is 4.59. The lowest BCUT2D eigenvalue weighted by Gasteiger charge is -2.43. The average molecular weight is 477 g/mol. The normalized spacial score (nSPS) is 16.5. The number of hydrogen-bond donors (Lipinski definition) is 2. The van der Waals surface area contributed by atoms with Crippen LogP contribution < -0.4 is 15.5 Å². The SMILES string of the molecule is CC(C)C[C@H](NC(c1ccc(N2CCN(C(C)(C)C)CC2)cc1)c1ccccn1)C(=O)NCC#N. The van der Waals surface area contributed by atoms with Gasteiger partial charge in [0.05, 0.1) is 23.8 Å². The van der Waals surface area contributed by atoms with Crippen molar-refractivity contribution in [1.82, 2.24) is 20.5 Å². The van der Waals surface area contributed by atoms with Crippen molar-refractivity contribution < 1.29 is 4.79 Å². The molecule has 1 saturated heterocycles. The Hall–Kier alpha value is -2.95. The first-order chi connectivity index (χ1) is 16.7. The second kappa shape index (κ2) is 12.1. The minimum absolute atomic E-state index is 0.000532. The molecule has 188 valence electrons. The van der Waals surface area contributed by atoms with Crippen LogP contribution in [0.1, 0.15) is 58.3 Å². The van der Waals surface area contributed by atoms with Crippen LogP contribution in [0.2, 0.25) is 0 Å². The molecule has 7 nitrogen and oxygen atoms in total. The van der Waals surface area contributed by atoms with Crippen molar-refractivity contribution in [1.29, 1.82) is 5.26 Å². The molecule has 1 amide bonds. The van der Waals surface area contributed by atoms with Crippen molar-refractivity contribution in [2.45, 2.75) is 58.7 Å². The Morgan fingerprint density at radius 3 is 2.31 bits per heavy atom. The van der Waals surface area contributed by atoms with E-state index in [0.29, 0.717) is 12.3 Å². The molecule has 0 radical (unpaired) electrons. The second-order valence-corrected chi connectivity index (χ2v) is 10.6. The van der Waals surface area contributed by atoms with Crippen molar-refractivity contribution in [3.63, 3.8) is 0 Å². The van der Waals surface area contributed by atoms with E-state index in [1.807, 2.05) is 24.3 Å². The van der Waals surface area contributed by atoms with E-state index in [0.717, 1.165) is 37.4 Å². The zero-order chi connectivity index (χ0) is 25.4. The maximum Gasteiger partial charge on any atom is 0.237 e. The van der Waals surface area contributed by atoms with Crippen LogP contribution >= 0.6 is 0 Å². The van der Waals surface area contributed by atoms with Gasteiger partial charge in [0.1, 0.15) is 6.54 Å². The lowest BCUT2D eigenvalue weighted by atomic mass is 9.97. The number of carbonyl (C=O) groups is 1. The molecule has 0 bridgehead atoms. The quantitative estimate of drug-likeness (QED) is 0.537. The molecule has 1 aromatic carbocycles. The summed E-state index contributed by atoms with van der Waals surface area (Å²) in [6, 6.07) is 15.8. The van der Waals surface area contributed by atoms with Crippen LogP contribution in [0.15, 0.2) is 48.7 Å². The Labute approximate surface area is 210 Å². The lowest BCUT2D eigenvalue weighted by Crippen LogP contribution is -2.53. The highest BCUT2D eigenvalue weighted by Crippen LogP contribution is 2.26. The molecule has 0 saturated carbocycles. The minimum atomic E-state index is -0.430. The van der Waals surface area contributed by atoms with E-state index in [9.17, 15) is 4.79 Å². The molecule has 35 heavy (non-hydrogen) atoms. The van der Waals surface area contributed by atoms with Gasteiger partial charge in [-0.25, -0.2) is 0 Å². The average Bonchev–Trinajstić information content (AvgIpc) is 2.85. The van der Waals surface area contributed by atoms with Gasteiger partial charge in [-0.05, 0) is 62.9 Å². The molecular weight excluding hydrogens is 436 g/mol. The van der Waals surface area contributed by atoms with E-state index in [4.69, 9.17) is 5.26 Å². The summed E-state index contributed by atoms with van der Waals surface area (Å²) in [5.41, 5.74) is 3.33. The molecule has 2 atom stereocenters. The summed E-state index contributed by atoms with van der Waals surface area (Å²) in [6.07, 6.45) is 2.44. The Kier molecular flexibility index (Phi) is 9.25. The molecule has 2 aromatic rings. The van der Waals surface area contributed by atoms with E-state index in [1.165, 1.54) is 5.69 Å². The topological polar surface area (TPSA) is 84.3 Å². The number of hydrogen-bond acceptors (Lipinski definition) is 6. The molecule has 1 unspecified atom stereocenters. The van der Waals surface area contributed by atoms with Crippen LogP contribution in [0.5, 0.6) is 0 Å². The molecule has 2 N–H and O–H groups in total. The summed E-state index contributed by atoms with van der Waals surface area (Å²) in [4.78, 5) is 22.4. The summed E-state index contributed by atoms with van der Waals surface area (Å²) < 4.78 is 0. The third-order valence-electron chi connectivity index (χ3n) is 6.54. The number of anilines is 1. The van der Waals surface area contributed by atoms with Gasteiger partial charge in [0, 0.05) is 43.6 Å². The Bertz CT molecular complexity index is 969. The summed E-state index contributed by atoms with van der Waals surface area (Å²) in [5.74, 6) is 0.161. The van der Waals surface area contributed by atoms with Crippen molar-refractivity contribution in [3.8, 4) is 6.07 Å². The van der Waals surface area contributed by atoms with Crippen molar-refractivity contribution >= 4 is 11.6 Å². The third kappa shape index (κ3) is 7.51. The van der Waals surface area contributed by atoms with E-state index in [2.05, 4.69) is 84.3 Å². The van der Waals surface area contributed by atoms with Gasteiger partial charge in [0.2, 0.25) is 5.91 Å². The first-order valence-electron chi connectivity index (χ1n) is 12.6. The van der Waals surface area contributed by atoms with Gasteiger partial charge in [-0.3, -0.25) is 20.0 Å². The number of aromatic nitrogens is 1. The van der Waals surface area contributed by atoms with Gasteiger partial charge < -0.3 is 10.2 Å². The zero-order valence-corrected chi connectivity index (χ0v) is 21.8. The smallest absolute Gasteiger partial charge is 0.237 e. The van der Waals surface area contributed by atoms with Gasteiger partial charge in [-0.1, -0.05) is 32.0 Å². The maximum absolute atomic E-state index is 12.8. The molecule has 1 aliphatic rings. The van der Waals surface area contributed by atoms with Gasteiger partial charge in [0.15, 0.2) is 0 Å². The summed E-state index contributed by atoms with van der Waals surface area (Å²) in [5, 5.41) is 15.2. The molecule has 0 spiro atoms. The van der Waals surface area contributed by atoms with Crippen molar-refractivity contribution in [2.24, 2.45) is 5.92 Å². The van der Waals surface area contributed by atoms with Crippen LogP contribution in [0, 0.1) is 17.2 Å². The summed E-state index contributed by atoms with van der Waals surface area (Å²) in [7, 11) is 0. The summed E-state index contributed by atoms with van der Waals surface area (Å²) >= 11 is 0. The molecule has 1 fully saturated rings. The Balaban J connectivity index is 1.80. The molecule has 7 heteroatoms. The van der Waals surface area contributed by atoms with E-state index in [1.54, 1.807) is 6.20 Å². The number of pyridine rings is 1. The molecule has 3 rings (SSSR count). The Morgan fingerprint density at radius 2 is 1.77 bits per heavy atom. The van der Waals surface area contributed by atoms with Crippen LogP contribution in [-0.4, -0.2) is 60.1 Å². The third-order valence-corrected chi connectivity index (χ3v) is 6.54. The second-order valence-electron chi connectivity index (χ2n) is 10.6. The number of rotatable bonds is 9. The van der Waals surface area contributed by atoms with Crippen LogP contribution in [0.25, 0.3) is 0 Å². The monoisotopic (exact) mass is 476 g/mol. The molecule has 1 aliphatic heterocycles. The molecule has 1 aromatic heterocycles. The van der Waals surface area contributed by atoms with Crippen LogP contribution in [0.4, 0.5) is 5.69 Å². The summed E-state index contributed by atoms with van der Waals surface area (Å²) in [6.45, 7) is 15.1. The number of nitrogens with one attached hydrogen (secondary N) is 2. The number of piperazine rings is 1. The molecule has 0 aliphatic carbocycles. The minimum Gasteiger partial charge on any atom is -0.369 e. The van der Waals surface area contributed by atoms with E-state index < -0.39 is 6.04 Å². The van der Waals surface area contributed by atoms with Crippen LogP contribution in [0.3, 0.4) is 0 Å². The number of amides is 1.